The van der Waals surface area contributed by atoms with Crippen molar-refractivity contribution < 1.29 is 4.42 Å². The van der Waals surface area contributed by atoms with Crippen LogP contribution < -0.4 is 16.6 Å². The number of benzene rings is 1. The van der Waals surface area contributed by atoms with Gasteiger partial charge < -0.3 is 14.7 Å². The number of nitrogens with zero attached hydrogens (tertiary/aromatic N) is 2. The number of furan rings is 1. The molecule has 1 saturated carbocycles. The Morgan fingerprint density at radius 1 is 1.23 bits per heavy atom. The summed E-state index contributed by atoms with van der Waals surface area (Å²) in [6.45, 7) is 0. The first-order valence-corrected chi connectivity index (χ1v) is 8.58. The van der Waals surface area contributed by atoms with Crippen molar-refractivity contribution in [2.24, 2.45) is 0 Å². The van der Waals surface area contributed by atoms with E-state index in [9.17, 15) is 9.59 Å². The summed E-state index contributed by atoms with van der Waals surface area (Å²) in [6.07, 6.45) is 3.56. The van der Waals surface area contributed by atoms with E-state index < -0.39 is 5.69 Å². The molecule has 0 saturated heterocycles. The molecule has 0 spiro atoms. The van der Waals surface area contributed by atoms with Crippen molar-refractivity contribution in [3.8, 4) is 5.69 Å². The van der Waals surface area contributed by atoms with Crippen molar-refractivity contribution in [1.82, 2.24) is 14.5 Å². The first-order chi connectivity index (χ1) is 12.6. The predicted octanol–water partition coefficient (Wildman–Crippen LogP) is 3.05. The maximum Gasteiger partial charge on any atom is 0.354 e. The van der Waals surface area contributed by atoms with Crippen LogP contribution in [0.4, 0.5) is 5.82 Å². The van der Waals surface area contributed by atoms with E-state index in [4.69, 9.17) is 16.0 Å². The fourth-order valence-electron chi connectivity index (χ4n) is 3.06. The number of rotatable bonds is 3. The number of aromatic nitrogens is 3. The molecule has 4 aromatic rings. The van der Waals surface area contributed by atoms with E-state index >= 15 is 0 Å². The molecule has 1 aromatic carbocycles. The van der Waals surface area contributed by atoms with Crippen molar-refractivity contribution in [3.05, 3.63) is 62.4 Å². The van der Waals surface area contributed by atoms with E-state index in [0.29, 0.717) is 44.6 Å². The highest BCUT2D eigenvalue weighted by Crippen LogP contribution is 2.35. The lowest BCUT2D eigenvalue weighted by molar-refractivity contribution is 0.664. The molecule has 0 unspecified atom stereocenters. The lowest BCUT2D eigenvalue weighted by Gasteiger charge is -2.10. The third kappa shape index (κ3) is 2.40. The molecule has 0 aliphatic heterocycles. The summed E-state index contributed by atoms with van der Waals surface area (Å²) < 4.78 is 7.37. The molecule has 0 radical (unpaired) electrons. The van der Waals surface area contributed by atoms with Gasteiger partial charge in [-0.2, -0.15) is 4.98 Å². The van der Waals surface area contributed by atoms with Gasteiger partial charge in [0, 0.05) is 28.7 Å². The van der Waals surface area contributed by atoms with Gasteiger partial charge in [-0.05, 0) is 37.1 Å². The summed E-state index contributed by atoms with van der Waals surface area (Å²) >= 11 is 6.16. The highest BCUT2D eigenvalue weighted by Gasteiger charge is 2.26. The second kappa shape index (κ2) is 5.47. The number of hydrogen-bond donors (Lipinski definition) is 2. The third-order valence-electron chi connectivity index (χ3n) is 4.40. The first-order valence-electron chi connectivity index (χ1n) is 8.20. The van der Waals surface area contributed by atoms with E-state index in [2.05, 4.69) is 15.3 Å². The van der Waals surface area contributed by atoms with Gasteiger partial charge in [-0.15, -0.1) is 0 Å². The number of aromatic amines is 1. The fourth-order valence-corrected chi connectivity index (χ4v) is 3.23. The van der Waals surface area contributed by atoms with E-state index in [-0.39, 0.29) is 5.56 Å². The Hall–Kier alpha value is -3.06. The Bertz CT molecular complexity index is 1280. The number of anilines is 1. The average Bonchev–Trinajstić information content (AvgIpc) is 3.35. The van der Waals surface area contributed by atoms with Crippen molar-refractivity contribution in [3.63, 3.8) is 0 Å². The largest absolute Gasteiger partial charge is 0.450 e. The maximum absolute atomic E-state index is 12.8. The molecule has 0 bridgehead atoms. The van der Waals surface area contributed by atoms with E-state index in [1.54, 1.807) is 24.3 Å². The van der Waals surface area contributed by atoms with Crippen LogP contribution >= 0.6 is 11.6 Å². The van der Waals surface area contributed by atoms with E-state index in [1.807, 2.05) is 0 Å². The molecule has 1 aliphatic carbocycles. The summed E-state index contributed by atoms with van der Waals surface area (Å²) in [6, 6.07) is 8.51. The van der Waals surface area contributed by atoms with Crippen LogP contribution in [0.2, 0.25) is 5.02 Å². The van der Waals surface area contributed by atoms with Gasteiger partial charge in [0.15, 0.2) is 11.4 Å². The van der Waals surface area contributed by atoms with Gasteiger partial charge >= 0.3 is 5.69 Å². The number of fused-ring (bicyclic) bond motifs is 3. The highest BCUT2D eigenvalue weighted by atomic mass is 35.5. The van der Waals surface area contributed by atoms with Crippen molar-refractivity contribution in [2.45, 2.75) is 18.9 Å². The molecule has 3 heterocycles. The second-order valence-electron chi connectivity index (χ2n) is 6.33. The lowest BCUT2D eigenvalue weighted by Crippen LogP contribution is -2.24. The molecule has 8 heteroatoms. The van der Waals surface area contributed by atoms with Crippen LogP contribution in [0.1, 0.15) is 12.8 Å². The molecule has 3 aromatic heterocycles. The highest BCUT2D eigenvalue weighted by molar-refractivity contribution is 6.31. The molecule has 26 heavy (non-hydrogen) atoms. The van der Waals surface area contributed by atoms with Crippen molar-refractivity contribution in [2.75, 3.05) is 5.32 Å². The molecular weight excluding hydrogens is 356 g/mol. The lowest BCUT2D eigenvalue weighted by atomic mass is 10.2. The zero-order valence-corrected chi connectivity index (χ0v) is 14.2. The summed E-state index contributed by atoms with van der Waals surface area (Å²) in [5.74, 6) is 0.418. The molecule has 5 rings (SSSR count). The topological polar surface area (TPSA) is 92.9 Å². The Kier molecular flexibility index (Phi) is 3.20. The molecule has 1 aliphatic rings. The third-order valence-corrected chi connectivity index (χ3v) is 4.63. The quantitative estimate of drug-likeness (QED) is 0.579. The Morgan fingerprint density at radius 3 is 2.85 bits per heavy atom. The van der Waals surface area contributed by atoms with Crippen LogP contribution in [0.3, 0.4) is 0 Å². The molecule has 7 nitrogen and oxygen atoms in total. The SMILES string of the molecule is O=c1cc(-n2c(=O)nc(NC3CC3)c3oc4ccc(Cl)cc4c32)cc[nH]1. The number of pyridine rings is 1. The van der Waals surface area contributed by atoms with Crippen molar-refractivity contribution >= 4 is 39.5 Å². The van der Waals surface area contributed by atoms with Crippen LogP contribution in [0, 0.1) is 0 Å². The van der Waals surface area contributed by atoms with Gasteiger partial charge in [0.25, 0.3) is 0 Å². The minimum absolute atomic E-state index is 0.303. The number of hydrogen-bond acceptors (Lipinski definition) is 5. The van der Waals surface area contributed by atoms with Crippen LogP contribution in [-0.2, 0) is 0 Å². The van der Waals surface area contributed by atoms with Gasteiger partial charge in [0.1, 0.15) is 11.1 Å². The predicted molar refractivity (Wildman–Crippen MR) is 99.4 cm³/mol. The van der Waals surface area contributed by atoms with E-state index in [0.717, 1.165) is 12.8 Å². The van der Waals surface area contributed by atoms with Gasteiger partial charge in [-0.25, -0.2) is 4.79 Å². The molecule has 0 atom stereocenters. The Labute approximate surface area is 151 Å². The van der Waals surface area contributed by atoms with Gasteiger partial charge in [-0.3, -0.25) is 9.36 Å². The normalized spacial score (nSPS) is 14.2. The molecule has 130 valence electrons. The zero-order chi connectivity index (χ0) is 17.8. The summed E-state index contributed by atoms with van der Waals surface area (Å²) in [7, 11) is 0. The first kappa shape index (κ1) is 15.2. The molecular formula is C18H13ClN4O3. The van der Waals surface area contributed by atoms with Gasteiger partial charge in [-0.1, -0.05) is 11.6 Å². The molecule has 2 N–H and O–H groups in total. The second-order valence-corrected chi connectivity index (χ2v) is 6.76. The summed E-state index contributed by atoms with van der Waals surface area (Å²) in [5.41, 5.74) is 1.21. The zero-order valence-electron chi connectivity index (χ0n) is 13.5. The van der Waals surface area contributed by atoms with Crippen LogP contribution in [0.15, 0.2) is 50.5 Å². The van der Waals surface area contributed by atoms with E-state index in [1.165, 1.54) is 16.8 Å². The fraction of sp³-hybridized carbons (Fsp3) is 0.167. The Morgan fingerprint density at radius 2 is 2.08 bits per heavy atom. The number of H-pyrrole nitrogens is 1. The smallest absolute Gasteiger partial charge is 0.354 e. The standard InChI is InChI=1S/C18H13ClN4O3/c19-9-1-4-13-12(7-9)15-16(26-13)17(21-10-2-3-10)22-18(25)23(15)11-5-6-20-14(24)8-11/h1,4-8,10H,2-3H2,(H,20,24)(H,21,22,25). The van der Waals surface area contributed by atoms with Crippen LogP contribution in [0.25, 0.3) is 27.8 Å². The van der Waals surface area contributed by atoms with Gasteiger partial charge in [0.2, 0.25) is 5.56 Å². The van der Waals surface area contributed by atoms with Crippen LogP contribution in [0.5, 0.6) is 0 Å². The van der Waals surface area contributed by atoms with Gasteiger partial charge in [0.05, 0.1) is 5.69 Å². The molecule has 1 fully saturated rings. The van der Waals surface area contributed by atoms with Crippen molar-refractivity contribution in [1.29, 1.82) is 0 Å². The maximum atomic E-state index is 12.8. The Balaban J connectivity index is 1.93. The number of nitrogens with one attached hydrogen (secondary N) is 2. The minimum Gasteiger partial charge on any atom is -0.450 e. The number of halogens is 1. The summed E-state index contributed by atoms with van der Waals surface area (Å²) in [5, 5.41) is 4.46. The average molecular weight is 369 g/mol. The summed E-state index contributed by atoms with van der Waals surface area (Å²) in [4.78, 5) is 31.3. The molecule has 0 amide bonds. The minimum atomic E-state index is -0.492. The van der Waals surface area contributed by atoms with Crippen LogP contribution in [-0.4, -0.2) is 20.6 Å². The monoisotopic (exact) mass is 368 g/mol.